The summed E-state index contributed by atoms with van der Waals surface area (Å²) >= 11 is 0. The molecule has 0 unspecified atom stereocenters. The second kappa shape index (κ2) is 9.95. The molecule has 0 aliphatic carbocycles. The fraction of sp³-hybridized carbons (Fsp3) is 0.160. The number of pyridine rings is 1. The summed E-state index contributed by atoms with van der Waals surface area (Å²) in [5, 5.41) is 2.63. The molecule has 9 heteroatoms. The van der Waals surface area contributed by atoms with Gasteiger partial charge in [0.2, 0.25) is 11.5 Å². The number of ketones is 1. The lowest BCUT2D eigenvalue weighted by Gasteiger charge is -2.13. The number of allylic oxidation sites excluding steroid dienone is 1. The van der Waals surface area contributed by atoms with Crippen LogP contribution in [0.3, 0.4) is 0 Å². The molecule has 3 aromatic rings. The van der Waals surface area contributed by atoms with E-state index in [9.17, 15) is 9.59 Å². The number of carbonyl (C=O) groups excluding carboxylic acids is 2. The number of benzene rings is 2. The monoisotopic (exact) mass is 462 g/mol. The van der Waals surface area contributed by atoms with Crippen molar-refractivity contribution >= 4 is 23.6 Å². The Balaban J connectivity index is 1.48. The summed E-state index contributed by atoms with van der Waals surface area (Å²) in [5.74, 6) is 2.01. The van der Waals surface area contributed by atoms with Crippen molar-refractivity contribution in [2.24, 2.45) is 0 Å². The van der Waals surface area contributed by atoms with Crippen molar-refractivity contribution in [3.8, 4) is 28.7 Å². The van der Waals surface area contributed by atoms with E-state index in [1.165, 1.54) is 21.3 Å². The summed E-state index contributed by atoms with van der Waals surface area (Å²) < 4.78 is 27.4. The van der Waals surface area contributed by atoms with Gasteiger partial charge in [-0.2, -0.15) is 0 Å². The van der Waals surface area contributed by atoms with E-state index in [1.807, 2.05) is 0 Å². The van der Waals surface area contributed by atoms with Crippen LogP contribution in [0, 0.1) is 0 Å². The largest absolute Gasteiger partial charge is 0.493 e. The number of ether oxygens (including phenoxy) is 5. The van der Waals surface area contributed by atoms with Gasteiger partial charge in [0.25, 0.3) is 5.91 Å². The zero-order chi connectivity index (χ0) is 24.1. The predicted molar refractivity (Wildman–Crippen MR) is 124 cm³/mol. The molecule has 174 valence electrons. The molecular formula is C25H22N2O7. The lowest BCUT2D eigenvalue weighted by Crippen LogP contribution is -2.20. The molecule has 0 saturated carbocycles. The van der Waals surface area contributed by atoms with Crippen LogP contribution < -0.4 is 29.0 Å². The first kappa shape index (κ1) is 22.7. The maximum atomic E-state index is 12.8. The highest BCUT2D eigenvalue weighted by molar-refractivity contribution is 6.14. The zero-order valence-electron chi connectivity index (χ0n) is 18.8. The highest BCUT2D eigenvalue weighted by Crippen LogP contribution is 2.40. The van der Waals surface area contributed by atoms with Gasteiger partial charge >= 0.3 is 0 Å². The number of amides is 1. The second-order valence-corrected chi connectivity index (χ2v) is 7.11. The molecule has 2 aromatic carbocycles. The minimum Gasteiger partial charge on any atom is -0.493 e. The van der Waals surface area contributed by atoms with E-state index in [0.29, 0.717) is 45.7 Å². The van der Waals surface area contributed by atoms with Crippen molar-refractivity contribution in [3.05, 3.63) is 71.6 Å². The number of nitrogens with one attached hydrogen (secondary N) is 1. The quantitative estimate of drug-likeness (QED) is 0.505. The molecule has 1 aliphatic heterocycles. The Hall–Kier alpha value is -4.53. The van der Waals surface area contributed by atoms with Crippen molar-refractivity contribution in [1.82, 2.24) is 4.98 Å². The molecular weight excluding hydrogens is 440 g/mol. The Labute approximate surface area is 195 Å². The van der Waals surface area contributed by atoms with E-state index < -0.39 is 0 Å². The second-order valence-electron chi connectivity index (χ2n) is 7.11. The minimum absolute atomic E-state index is 0.134. The van der Waals surface area contributed by atoms with E-state index in [4.69, 9.17) is 23.7 Å². The Morgan fingerprint density at radius 1 is 1.03 bits per heavy atom. The Kier molecular flexibility index (Phi) is 6.63. The van der Waals surface area contributed by atoms with E-state index in [-0.39, 0.29) is 24.1 Å². The summed E-state index contributed by atoms with van der Waals surface area (Å²) in [5.41, 5.74) is 1.03. The van der Waals surface area contributed by atoms with Gasteiger partial charge in [0, 0.05) is 12.3 Å². The molecule has 0 spiro atoms. The van der Waals surface area contributed by atoms with Gasteiger partial charge in [0.05, 0.1) is 26.9 Å². The Morgan fingerprint density at radius 2 is 1.79 bits per heavy atom. The van der Waals surface area contributed by atoms with Gasteiger partial charge in [-0.1, -0.05) is 6.07 Å². The number of anilines is 1. The highest BCUT2D eigenvalue weighted by Gasteiger charge is 2.28. The molecule has 0 fully saturated rings. The first-order valence-corrected chi connectivity index (χ1v) is 10.2. The van der Waals surface area contributed by atoms with Crippen molar-refractivity contribution in [1.29, 1.82) is 0 Å². The third-order valence-electron chi connectivity index (χ3n) is 4.93. The normalized spacial score (nSPS) is 13.1. The van der Waals surface area contributed by atoms with Crippen LogP contribution in [-0.4, -0.2) is 44.6 Å². The zero-order valence-corrected chi connectivity index (χ0v) is 18.8. The first-order valence-electron chi connectivity index (χ1n) is 10.2. The fourth-order valence-corrected chi connectivity index (χ4v) is 3.36. The molecule has 0 saturated heterocycles. The SMILES string of the molecule is COc1cc(C=C2Oc3cc(OCC(=O)Nc4ccccn4)ccc3C2=O)cc(OC)c1OC. The van der Waals surface area contributed by atoms with Gasteiger partial charge in [-0.15, -0.1) is 0 Å². The van der Waals surface area contributed by atoms with Crippen LogP contribution in [0.25, 0.3) is 6.08 Å². The van der Waals surface area contributed by atoms with Gasteiger partial charge < -0.3 is 29.0 Å². The third kappa shape index (κ3) is 4.78. The number of rotatable bonds is 8. The van der Waals surface area contributed by atoms with Gasteiger partial charge in [0.1, 0.15) is 17.3 Å². The van der Waals surface area contributed by atoms with Crippen LogP contribution >= 0.6 is 0 Å². The number of hydrogen-bond donors (Lipinski definition) is 1. The van der Waals surface area contributed by atoms with Crippen LogP contribution in [0.5, 0.6) is 28.7 Å². The number of methoxy groups -OCH3 is 3. The lowest BCUT2D eigenvalue weighted by atomic mass is 10.1. The molecule has 9 nitrogen and oxygen atoms in total. The van der Waals surface area contributed by atoms with Gasteiger partial charge in [-0.3, -0.25) is 9.59 Å². The fourth-order valence-electron chi connectivity index (χ4n) is 3.36. The molecule has 2 heterocycles. The molecule has 4 rings (SSSR count). The average Bonchev–Trinajstić information content (AvgIpc) is 3.16. The van der Waals surface area contributed by atoms with Crippen LogP contribution in [-0.2, 0) is 4.79 Å². The highest BCUT2D eigenvalue weighted by atomic mass is 16.5. The molecule has 1 N–H and O–H groups in total. The van der Waals surface area contributed by atoms with Crippen molar-refractivity contribution in [2.45, 2.75) is 0 Å². The summed E-state index contributed by atoms with van der Waals surface area (Å²) in [7, 11) is 4.54. The lowest BCUT2D eigenvalue weighted by molar-refractivity contribution is -0.118. The number of fused-ring (bicyclic) bond motifs is 1. The summed E-state index contributed by atoms with van der Waals surface area (Å²) in [6, 6.07) is 13.4. The summed E-state index contributed by atoms with van der Waals surface area (Å²) in [6.45, 7) is -0.225. The molecule has 1 amide bonds. The maximum Gasteiger partial charge on any atom is 0.263 e. The predicted octanol–water partition coefficient (Wildman–Crippen LogP) is 3.74. The molecule has 1 aliphatic rings. The number of aromatic nitrogens is 1. The van der Waals surface area contributed by atoms with Crippen LogP contribution in [0.4, 0.5) is 5.82 Å². The number of carbonyl (C=O) groups is 2. The van der Waals surface area contributed by atoms with E-state index in [0.717, 1.165) is 0 Å². The van der Waals surface area contributed by atoms with Crippen molar-refractivity contribution in [3.63, 3.8) is 0 Å². The minimum atomic E-state index is -0.362. The van der Waals surface area contributed by atoms with Crippen LogP contribution in [0.2, 0.25) is 0 Å². The summed E-state index contributed by atoms with van der Waals surface area (Å²) in [6.07, 6.45) is 3.17. The Morgan fingerprint density at radius 3 is 2.44 bits per heavy atom. The summed E-state index contributed by atoms with van der Waals surface area (Å²) in [4.78, 5) is 28.9. The van der Waals surface area contributed by atoms with Gasteiger partial charge in [-0.25, -0.2) is 4.98 Å². The van der Waals surface area contributed by atoms with Crippen LogP contribution in [0.15, 0.2) is 60.5 Å². The maximum absolute atomic E-state index is 12.8. The van der Waals surface area contributed by atoms with E-state index >= 15 is 0 Å². The smallest absolute Gasteiger partial charge is 0.263 e. The average molecular weight is 462 g/mol. The number of hydrogen-bond acceptors (Lipinski definition) is 8. The molecule has 1 aromatic heterocycles. The molecule has 0 radical (unpaired) electrons. The van der Waals surface area contributed by atoms with E-state index in [2.05, 4.69) is 10.3 Å². The van der Waals surface area contributed by atoms with Gasteiger partial charge in [0.15, 0.2) is 23.9 Å². The van der Waals surface area contributed by atoms with E-state index in [1.54, 1.807) is 60.8 Å². The van der Waals surface area contributed by atoms with Crippen molar-refractivity contribution in [2.75, 3.05) is 33.3 Å². The Bertz CT molecular complexity index is 1230. The molecule has 0 atom stereocenters. The first-order chi connectivity index (χ1) is 16.5. The molecule has 0 bridgehead atoms. The topological polar surface area (TPSA) is 105 Å². The third-order valence-corrected chi connectivity index (χ3v) is 4.93. The number of nitrogens with zero attached hydrogens (tertiary/aromatic N) is 1. The molecule has 34 heavy (non-hydrogen) atoms. The van der Waals surface area contributed by atoms with Gasteiger partial charge in [-0.05, 0) is 48.0 Å². The standard InChI is InChI=1S/C25H22N2O7/c1-30-20-11-15(12-21(31-2)25(20)32-3)10-19-24(29)17-8-7-16(13-18(17)34-19)33-14-23(28)27-22-6-4-5-9-26-22/h4-13H,14H2,1-3H3,(H,26,27,28). The van der Waals surface area contributed by atoms with Crippen LogP contribution in [0.1, 0.15) is 15.9 Å². The van der Waals surface area contributed by atoms with Crippen molar-refractivity contribution < 1.29 is 33.3 Å². The number of Topliss-reactive ketones (excluding diaryl/α,β-unsaturated/α-hetero) is 1.